The lowest BCUT2D eigenvalue weighted by atomic mass is 9.87. The molecule has 0 aromatic carbocycles. The van der Waals surface area contributed by atoms with Gasteiger partial charge in [0.2, 0.25) is 0 Å². The van der Waals surface area contributed by atoms with Crippen molar-refractivity contribution >= 4 is 11.3 Å². The SMILES string of the molecule is CNCc1sccc1C(C)(C)C. The molecule has 0 saturated heterocycles. The Balaban J connectivity index is 2.91. The van der Waals surface area contributed by atoms with Gasteiger partial charge in [-0.1, -0.05) is 20.8 Å². The lowest BCUT2D eigenvalue weighted by Crippen LogP contribution is -2.14. The highest BCUT2D eigenvalue weighted by molar-refractivity contribution is 7.10. The van der Waals surface area contributed by atoms with Gasteiger partial charge in [-0.2, -0.15) is 0 Å². The molecule has 2 heteroatoms. The zero-order chi connectivity index (χ0) is 9.19. The van der Waals surface area contributed by atoms with Crippen LogP contribution in [0.25, 0.3) is 0 Å². The van der Waals surface area contributed by atoms with Gasteiger partial charge in [0.25, 0.3) is 0 Å². The first kappa shape index (κ1) is 9.75. The van der Waals surface area contributed by atoms with Crippen LogP contribution in [0.15, 0.2) is 11.4 Å². The van der Waals surface area contributed by atoms with Crippen LogP contribution in [0.3, 0.4) is 0 Å². The molecule has 1 nitrogen and oxygen atoms in total. The van der Waals surface area contributed by atoms with E-state index in [1.54, 1.807) is 0 Å². The van der Waals surface area contributed by atoms with Gasteiger partial charge in [0.1, 0.15) is 0 Å². The van der Waals surface area contributed by atoms with E-state index >= 15 is 0 Å². The quantitative estimate of drug-likeness (QED) is 0.743. The van der Waals surface area contributed by atoms with Gasteiger partial charge in [0, 0.05) is 11.4 Å². The van der Waals surface area contributed by atoms with Gasteiger partial charge in [-0.05, 0) is 29.5 Å². The second kappa shape index (κ2) is 3.58. The van der Waals surface area contributed by atoms with E-state index in [0.717, 1.165) is 6.54 Å². The lowest BCUT2D eigenvalue weighted by molar-refractivity contribution is 0.583. The summed E-state index contributed by atoms with van der Waals surface area (Å²) in [5.74, 6) is 0. The Morgan fingerprint density at radius 2 is 2.08 bits per heavy atom. The van der Waals surface area contributed by atoms with Crippen molar-refractivity contribution in [3.8, 4) is 0 Å². The fourth-order valence-electron chi connectivity index (χ4n) is 1.31. The average molecular weight is 183 g/mol. The van der Waals surface area contributed by atoms with Crippen molar-refractivity contribution in [1.82, 2.24) is 5.32 Å². The zero-order valence-corrected chi connectivity index (χ0v) is 9.09. The summed E-state index contributed by atoms with van der Waals surface area (Å²) in [6.07, 6.45) is 0. The van der Waals surface area contributed by atoms with Crippen LogP contribution in [-0.2, 0) is 12.0 Å². The monoisotopic (exact) mass is 183 g/mol. The first-order chi connectivity index (χ1) is 5.55. The van der Waals surface area contributed by atoms with Crippen LogP contribution in [0.4, 0.5) is 0 Å². The molecule has 0 spiro atoms. The molecule has 0 saturated carbocycles. The molecular formula is C10H17NS. The maximum Gasteiger partial charge on any atom is 0.0299 e. The van der Waals surface area contributed by atoms with Crippen molar-refractivity contribution in [2.75, 3.05) is 7.05 Å². The molecule has 0 fully saturated rings. The minimum Gasteiger partial charge on any atom is -0.315 e. The van der Waals surface area contributed by atoms with Crippen molar-refractivity contribution < 1.29 is 0 Å². The molecular weight excluding hydrogens is 166 g/mol. The average Bonchev–Trinajstić information content (AvgIpc) is 2.34. The van der Waals surface area contributed by atoms with Gasteiger partial charge < -0.3 is 5.32 Å². The van der Waals surface area contributed by atoms with E-state index in [4.69, 9.17) is 0 Å². The van der Waals surface area contributed by atoms with E-state index in [2.05, 4.69) is 37.5 Å². The Kier molecular flexibility index (Phi) is 2.91. The smallest absolute Gasteiger partial charge is 0.0299 e. The Hall–Kier alpha value is -0.340. The lowest BCUT2D eigenvalue weighted by Gasteiger charge is -2.19. The first-order valence-electron chi connectivity index (χ1n) is 4.27. The summed E-state index contributed by atoms with van der Waals surface area (Å²) in [5, 5.41) is 5.37. The minimum absolute atomic E-state index is 0.284. The highest BCUT2D eigenvalue weighted by Crippen LogP contribution is 2.29. The van der Waals surface area contributed by atoms with Crippen LogP contribution < -0.4 is 5.32 Å². The van der Waals surface area contributed by atoms with Crippen LogP contribution in [-0.4, -0.2) is 7.05 Å². The Morgan fingerprint density at radius 1 is 1.42 bits per heavy atom. The third-order valence-electron chi connectivity index (χ3n) is 1.89. The summed E-state index contributed by atoms with van der Waals surface area (Å²) in [5.41, 5.74) is 1.76. The van der Waals surface area contributed by atoms with E-state index in [1.807, 2.05) is 18.4 Å². The highest BCUT2D eigenvalue weighted by Gasteiger charge is 2.17. The molecule has 12 heavy (non-hydrogen) atoms. The molecule has 68 valence electrons. The molecule has 0 bridgehead atoms. The molecule has 1 aromatic heterocycles. The van der Waals surface area contributed by atoms with Gasteiger partial charge in [0.05, 0.1) is 0 Å². The fourth-order valence-corrected chi connectivity index (χ4v) is 2.40. The number of nitrogens with one attached hydrogen (secondary N) is 1. The normalized spacial score (nSPS) is 12.0. The number of hydrogen-bond donors (Lipinski definition) is 1. The topological polar surface area (TPSA) is 12.0 Å². The first-order valence-corrected chi connectivity index (χ1v) is 5.15. The Labute approximate surface area is 78.8 Å². The van der Waals surface area contributed by atoms with Crippen LogP contribution >= 0.6 is 11.3 Å². The van der Waals surface area contributed by atoms with Crippen LogP contribution in [0.5, 0.6) is 0 Å². The van der Waals surface area contributed by atoms with Gasteiger partial charge in [-0.25, -0.2) is 0 Å². The summed E-state index contributed by atoms with van der Waals surface area (Å²) >= 11 is 1.84. The summed E-state index contributed by atoms with van der Waals surface area (Å²) in [4.78, 5) is 1.46. The predicted molar refractivity (Wildman–Crippen MR) is 55.8 cm³/mol. The third kappa shape index (κ3) is 2.08. The molecule has 1 aromatic rings. The third-order valence-corrected chi connectivity index (χ3v) is 2.81. The molecule has 0 unspecified atom stereocenters. The van der Waals surface area contributed by atoms with Gasteiger partial charge >= 0.3 is 0 Å². The van der Waals surface area contributed by atoms with Crippen molar-refractivity contribution in [3.05, 3.63) is 21.9 Å². The molecule has 1 rings (SSSR count). The summed E-state index contributed by atoms with van der Waals surface area (Å²) < 4.78 is 0. The maximum atomic E-state index is 3.19. The molecule has 0 atom stereocenters. The van der Waals surface area contributed by atoms with Crippen molar-refractivity contribution in [1.29, 1.82) is 0 Å². The molecule has 1 N–H and O–H groups in total. The van der Waals surface area contributed by atoms with Crippen molar-refractivity contribution in [2.45, 2.75) is 32.7 Å². The van der Waals surface area contributed by atoms with E-state index < -0.39 is 0 Å². The minimum atomic E-state index is 0.284. The molecule has 0 aliphatic carbocycles. The van der Waals surface area contributed by atoms with Gasteiger partial charge in [-0.15, -0.1) is 11.3 Å². The number of thiophene rings is 1. The van der Waals surface area contributed by atoms with E-state index in [-0.39, 0.29) is 5.41 Å². The summed E-state index contributed by atoms with van der Waals surface area (Å²) in [7, 11) is 1.99. The molecule has 0 aliphatic heterocycles. The van der Waals surface area contributed by atoms with E-state index in [9.17, 15) is 0 Å². The predicted octanol–water partition coefficient (Wildman–Crippen LogP) is 2.77. The molecule has 0 amide bonds. The van der Waals surface area contributed by atoms with Gasteiger partial charge in [0.15, 0.2) is 0 Å². The maximum absolute atomic E-state index is 3.19. The van der Waals surface area contributed by atoms with Crippen LogP contribution in [0, 0.1) is 0 Å². The van der Waals surface area contributed by atoms with Crippen LogP contribution in [0.1, 0.15) is 31.2 Å². The second-order valence-electron chi connectivity index (χ2n) is 4.04. The number of hydrogen-bond acceptors (Lipinski definition) is 2. The van der Waals surface area contributed by atoms with E-state index in [1.165, 1.54) is 10.4 Å². The van der Waals surface area contributed by atoms with Crippen molar-refractivity contribution in [3.63, 3.8) is 0 Å². The largest absolute Gasteiger partial charge is 0.315 e. The summed E-state index contributed by atoms with van der Waals surface area (Å²) in [6, 6.07) is 2.23. The van der Waals surface area contributed by atoms with E-state index in [0.29, 0.717) is 0 Å². The van der Waals surface area contributed by atoms with Gasteiger partial charge in [-0.3, -0.25) is 0 Å². The Morgan fingerprint density at radius 3 is 2.58 bits per heavy atom. The summed E-state index contributed by atoms with van der Waals surface area (Å²) in [6.45, 7) is 7.76. The highest BCUT2D eigenvalue weighted by atomic mass is 32.1. The zero-order valence-electron chi connectivity index (χ0n) is 8.27. The van der Waals surface area contributed by atoms with Crippen LogP contribution in [0.2, 0.25) is 0 Å². The molecule has 0 aliphatic rings. The van der Waals surface area contributed by atoms with Crippen molar-refractivity contribution in [2.24, 2.45) is 0 Å². The standard InChI is InChI=1S/C10H17NS/c1-10(2,3)8-5-6-12-9(8)7-11-4/h5-6,11H,7H2,1-4H3. The molecule has 1 heterocycles. The number of rotatable bonds is 2. The molecule has 0 radical (unpaired) electrons. The second-order valence-corrected chi connectivity index (χ2v) is 5.04. The Bertz CT molecular complexity index is 245. The fraction of sp³-hybridized carbons (Fsp3) is 0.600.